The number of aromatic nitrogens is 2. The van der Waals surface area contributed by atoms with Gasteiger partial charge < -0.3 is 15.1 Å². The van der Waals surface area contributed by atoms with Gasteiger partial charge in [-0.15, -0.1) is 0 Å². The molecule has 3 amide bonds. The minimum atomic E-state index is -0.00274. The van der Waals surface area contributed by atoms with Crippen LogP contribution in [0, 0.1) is 0 Å². The molecule has 166 valence electrons. The van der Waals surface area contributed by atoms with Crippen molar-refractivity contribution in [1.82, 2.24) is 24.7 Å². The number of piperidine rings is 1. The average molecular weight is 432 g/mol. The van der Waals surface area contributed by atoms with Gasteiger partial charge in [-0.1, -0.05) is 30.3 Å². The first kappa shape index (κ1) is 20.5. The first-order valence-corrected chi connectivity index (χ1v) is 11.5. The minimum absolute atomic E-state index is 0.00274. The van der Waals surface area contributed by atoms with E-state index in [-0.39, 0.29) is 11.9 Å². The van der Waals surface area contributed by atoms with Gasteiger partial charge in [-0.05, 0) is 54.9 Å². The quantitative estimate of drug-likeness (QED) is 0.685. The zero-order chi connectivity index (χ0) is 21.9. The third kappa shape index (κ3) is 4.20. The van der Waals surface area contributed by atoms with E-state index in [1.165, 1.54) is 5.56 Å². The van der Waals surface area contributed by atoms with Crippen LogP contribution in [-0.2, 0) is 6.54 Å². The number of nitrogens with one attached hydrogen (secondary N) is 1. The van der Waals surface area contributed by atoms with Crippen LogP contribution in [0.1, 0.15) is 53.1 Å². The largest absolute Gasteiger partial charge is 0.339 e. The van der Waals surface area contributed by atoms with E-state index in [2.05, 4.69) is 22.5 Å². The van der Waals surface area contributed by atoms with Gasteiger partial charge in [0, 0.05) is 38.9 Å². The van der Waals surface area contributed by atoms with Crippen molar-refractivity contribution in [3.8, 4) is 0 Å². The molecule has 0 spiro atoms. The molecule has 0 atom stereocenters. The molecular formula is C25H29N5O2. The Balaban J connectivity index is 1.22. The summed E-state index contributed by atoms with van der Waals surface area (Å²) in [4.78, 5) is 29.3. The van der Waals surface area contributed by atoms with Gasteiger partial charge in [0.25, 0.3) is 5.91 Å². The van der Waals surface area contributed by atoms with E-state index in [1.807, 2.05) is 46.3 Å². The van der Waals surface area contributed by atoms with Gasteiger partial charge in [0.1, 0.15) is 0 Å². The minimum Gasteiger partial charge on any atom is -0.339 e. The molecule has 2 aliphatic heterocycles. The number of benzene rings is 1. The normalized spacial score (nSPS) is 17.1. The van der Waals surface area contributed by atoms with Crippen LogP contribution in [0.25, 0.3) is 5.52 Å². The van der Waals surface area contributed by atoms with E-state index >= 15 is 0 Å². The third-order valence-electron chi connectivity index (χ3n) is 6.71. The topological polar surface area (TPSA) is 70.0 Å². The van der Waals surface area contributed by atoms with E-state index < -0.39 is 0 Å². The Morgan fingerprint density at radius 2 is 1.72 bits per heavy atom. The van der Waals surface area contributed by atoms with Gasteiger partial charge in [0.2, 0.25) is 0 Å². The second kappa shape index (κ2) is 9.02. The number of hydrogen-bond donors (Lipinski definition) is 1. The van der Waals surface area contributed by atoms with Gasteiger partial charge in [0.15, 0.2) is 0 Å². The predicted octanol–water partition coefficient (Wildman–Crippen LogP) is 3.66. The molecular weight excluding hydrogens is 402 g/mol. The van der Waals surface area contributed by atoms with Crippen LogP contribution >= 0.6 is 0 Å². The van der Waals surface area contributed by atoms with E-state index in [0.717, 1.165) is 62.9 Å². The SMILES string of the molecule is O=C(NCc1ccccc1)N1CCC(c2ccn3ncc(C(=O)N4CCCC4)c3c2)CC1. The van der Waals surface area contributed by atoms with E-state index in [9.17, 15) is 9.59 Å². The molecule has 2 aromatic heterocycles. The summed E-state index contributed by atoms with van der Waals surface area (Å²) in [6, 6.07) is 14.2. The summed E-state index contributed by atoms with van der Waals surface area (Å²) < 4.78 is 1.79. The van der Waals surface area contributed by atoms with Crippen molar-refractivity contribution < 1.29 is 9.59 Å². The first-order valence-electron chi connectivity index (χ1n) is 11.5. The Kier molecular flexibility index (Phi) is 5.79. The Labute approximate surface area is 188 Å². The Hall–Kier alpha value is -3.35. The summed E-state index contributed by atoms with van der Waals surface area (Å²) in [6.45, 7) is 3.68. The molecule has 0 radical (unpaired) electrons. The van der Waals surface area contributed by atoms with Crippen LogP contribution in [0.4, 0.5) is 4.79 Å². The number of carbonyl (C=O) groups excluding carboxylic acids is 2. The van der Waals surface area contributed by atoms with Gasteiger partial charge in [0.05, 0.1) is 17.3 Å². The fraction of sp³-hybridized carbons (Fsp3) is 0.400. The molecule has 5 rings (SSSR count). The summed E-state index contributed by atoms with van der Waals surface area (Å²) in [7, 11) is 0. The molecule has 1 aromatic carbocycles. The zero-order valence-corrected chi connectivity index (χ0v) is 18.2. The number of carbonyl (C=O) groups is 2. The molecule has 0 saturated carbocycles. The number of amides is 3. The van der Waals surface area contributed by atoms with Crippen molar-refractivity contribution in [1.29, 1.82) is 0 Å². The van der Waals surface area contributed by atoms with Crippen LogP contribution in [0.15, 0.2) is 54.9 Å². The smallest absolute Gasteiger partial charge is 0.317 e. The summed E-state index contributed by atoms with van der Waals surface area (Å²) in [5, 5.41) is 7.41. The maximum Gasteiger partial charge on any atom is 0.317 e. The highest BCUT2D eigenvalue weighted by atomic mass is 16.2. The lowest BCUT2D eigenvalue weighted by molar-refractivity contribution is 0.0794. The predicted molar refractivity (Wildman–Crippen MR) is 123 cm³/mol. The average Bonchev–Trinajstić information content (AvgIpc) is 3.53. The highest BCUT2D eigenvalue weighted by Gasteiger charge is 2.26. The van der Waals surface area contributed by atoms with Crippen LogP contribution in [-0.4, -0.2) is 57.5 Å². The Bertz CT molecular complexity index is 1100. The van der Waals surface area contributed by atoms with Crippen LogP contribution in [0.5, 0.6) is 0 Å². The second-order valence-corrected chi connectivity index (χ2v) is 8.75. The van der Waals surface area contributed by atoms with Crippen molar-refractivity contribution in [2.24, 2.45) is 0 Å². The lowest BCUT2D eigenvalue weighted by atomic mass is 9.89. The molecule has 0 aliphatic carbocycles. The standard InChI is InChI=1S/C25H29N5O2/c31-24(28-11-4-5-12-28)22-18-27-30-15-10-21(16-23(22)30)20-8-13-29(14-9-20)25(32)26-17-19-6-2-1-3-7-19/h1-3,6-7,10,15-16,18,20H,4-5,8-9,11-14,17H2,(H,26,32). The van der Waals surface area contributed by atoms with Gasteiger partial charge in [-0.25, -0.2) is 9.31 Å². The van der Waals surface area contributed by atoms with E-state index in [4.69, 9.17) is 0 Å². The number of nitrogens with zero attached hydrogens (tertiary/aromatic N) is 4. The molecule has 7 nitrogen and oxygen atoms in total. The lowest BCUT2D eigenvalue weighted by Crippen LogP contribution is -2.43. The first-order chi connectivity index (χ1) is 15.7. The molecule has 2 saturated heterocycles. The molecule has 7 heteroatoms. The van der Waals surface area contributed by atoms with Gasteiger partial charge in [-0.3, -0.25) is 4.79 Å². The number of hydrogen-bond acceptors (Lipinski definition) is 3. The van der Waals surface area contributed by atoms with Crippen LogP contribution in [0.2, 0.25) is 0 Å². The summed E-state index contributed by atoms with van der Waals surface area (Å²) in [6.07, 6.45) is 7.63. The van der Waals surface area contributed by atoms with Gasteiger partial charge in [-0.2, -0.15) is 5.10 Å². The van der Waals surface area contributed by atoms with E-state index in [0.29, 0.717) is 18.0 Å². The van der Waals surface area contributed by atoms with E-state index in [1.54, 1.807) is 10.7 Å². The Morgan fingerprint density at radius 1 is 0.969 bits per heavy atom. The van der Waals surface area contributed by atoms with Crippen LogP contribution in [0.3, 0.4) is 0 Å². The number of urea groups is 1. The number of likely N-dealkylation sites (tertiary alicyclic amines) is 2. The summed E-state index contributed by atoms with van der Waals surface area (Å²) in [5.74, 6) is 0.461. The molecule has 0 bridgehead atoms. The Morgan fingerprint density at radius 3 is 2.47 bits per heavy atom. The van der Waals surface area contributed by atoms with Crippen molar-refractivity contribution in [3.63, 3.8) is 0 Å². The van der Waals surface area contributed by atoms with Crippen molar-refractivity contribution in [2.75, 3.05) is 26.2 Å². The van der Waals surface area contributed by atoms with Crippen LogP contribution < -0.4 is 5.32 Å². The highest BCUT2D eigenvalue weighted by Crippen LogP contribution is 2.30. The fourth-order valence-corrected chi connectivity index (χ4v) is 4.81. The van der Waals surface area contributed by atoms with Crippen molar-refractivity contribution >= 4 is 17.5 Å². The maximum absolute atomic E-state index is 12.9. The van der Waals surface area contributed by atoms with Crippen molar-refractivity contribution in [3.05, 3.63) is 71.5 Å². The number of pyridine rings is 1. The maximum atomic E-state index is 12.9. The monoisotopic (exact) mass is 431 g/mol. The molecule has 2 aliphatic rings. The number of rotatable bonds is 4. The molecule has 1 N–H and O–H groups in total. The molecule has 3 aromatic rings. The summed E-state index contributed by atoms with van der Waals surface area (Å²) in [5.41, 5.74) is 3.89. The summed E-state index contributed by atoms with van der Waals surface area (Å²) >= 11 is 0. The second-order valence-electron chi connectivity index (χ2n) is 8.75. The zero-order valence-electron chi connectivity index (χ0n) is 18.2. The van der Waals surface area contributed by atoms with Crippen molar-refractivity contribution in [2.45, 2.75) is 38.1 Å². The molecule has 0 unspecified atom stereocenters. The fourth-order valence-electron chi connectivity index (χ4n) is 4.81. The lowest BCUT2D eigenvalue weighted by Gasteiger charge is -2.32. The van der Waals surface area contributed by atoms with Gasteiger partial charge >= 0.3 is 6.03 Å². The molecule has 2 fully saturated rings. The highest BCUT2D eigenvalue weighted by molar-refractivity contribution is 6.00. The number of fused-ring (bicyclic) bond motifs is 1. The third-order valence-corrected chi connectivity index (χ3v) is 6.71. The molecule has 32 heavy (non-hydrogen) atoms. The molecule has 4 heterocycles.